The first-order valence-electron chi connectivity index (χ1n) is 6.15. The molecule has 0 bridgehead atoms. The fourth-order valence-electron chi connectivity index (χ4n) is 2.67. The first-order chi connectivity index (χ1) is 8.59. The number of nitrogens with zero attached hydrogens (tertiary/aromatic N) is 2. The van der Waals surface area contributed by atoms with Crippen LogP contribution in [0, 0.1) is 0 Å². The van der Waals surface area contributed by atoms with E-state index < -0.39 is 0 Å². The topological polar surface area (TPSA) is 32.7 Å². The van der Waals surface area contributed by atoms with Crippen molar-refractivity contribution < 1.29 is 4.79 Å². The minimum absolute atomic E-state index is 0.338. The van der Waals surface area contributed by atoms with Crippen molar-refractivity contribution >= 4 is 27.7 Å². The molecule has 0 unspecified atom stereocenters. The van der Waals surface area contributed by atoms with Crippen molar-refractivity contribution in [3.05, 3.63) is 28.2 Å². The van der Waals surface area contributed by atoms with Crippen LogP contribution < -0.4 is 4.90 Å². The molecule has 0 aromatic heterocycles. The molecule has 4 heteroatoms. The van der Waals surface area contributed by atoms with Gasteiger partial charge in [-0.05, 0) is 46.5 Å². The van der Waals surface area contributed by atoms with Gasteiger partial charge in [0.2, 0.25) is 6.08 Å². The van der Waals surface area contributed by atoms with E-state index >= 15 is 0 Å². The second kappa shape index (κ2) is 5.25. The number of benzene rings is 1. The molecule has 0 radical (unpaired) electrons. The Hall–Kier alpha value is -1.12. The fraction of sp³-hybridized carbons (Fsp3) is 0.500. The standard InChI is InChI=1S/C14H17BrN2O/c1-17(2)13-6-5-11(9-12(13)15)14(16-10-18)7-3-4-8-14/h5-6,9H,3-4,7-8H2,1-2H3. The number of hydrogen-bond donors (Lipinski definition) is 0. The summed E-state index contributed by atoms with van der Waals surface area (Å²) in [5, 5.41) is 0. The minimum atomic E-state index is -0.338. The van der Waals surface area contributed by atoms with Crippen molar-refractivity contribution in [2.75, 3.05) is 19.0 Å². The molecule has 0 atom stereocenters. The number of hydrogen-bond acceptors (Lipinski definition) is 3. The third kappa shape index (κ3) is 2.36. The molecular formula is C14H17BrN2O. The summed E-state index contributed by atoms with van der Waals surface area (Å²) in [6, 6.07) is 6.23. The van der Waals surface area contributed by atoms with Gasteiger partial charge in [-0.3, -0.25) is 0 Å². The Bertz CT molecular complexity index is 487. The third-order valence-electron chi connectivity index (χ3n) is 3.66. The van der Waals surface area contributed by atoms with Crippen molar-refractivity contribution in [2.24, 2.45) is 4.99 Å². The second-order valence-electron chi connectivity index (χ2n) is 5.00. The highest BCUT2D eigenvalue weighted by Crippen LogP contribution is 2.43. The summed E-state index contributed by atoms with van der Waals surface area (Å²) in [7, 11) is 4.02. The minimum Gasteiger partial charge on any atom is -0.377 e. The fourth-order valence-corrected chi connectivity index (χ4v) is 3.40. The summed E-state index contributed by atoms with van der Waals surface area (Å²) in [6.45, 7) is 0. The Balaban J connectivity index is 2.44. The molecule has 18 heavy (non-hydrogen) atoms. The SMILES string of the molecule is CN(C)c1ccc(C2(N=C=O)CCCC2)cc1Br. The molecule has 0 amide bonds. The number of isocyanates is 1. The Morgan fingerprint density at radius 1 is 1.33 bits per heavy atom. The summed E-state index contributed by atoms with van der Waals surface area (Å²) in [5.74, 6) is 0. The lowest BCUT2D eigenvalue weighted by Gasteiger charge is -2.24. The average Bonchev–Trinajstić information content (AvgIpc) is 2.78. The monoisotopic (exact) mass is 308 g/mol. The molecule has 0 N–H and O–H groups in total. The first-order valence-corrected chi connectivity index (χ1v) is 6.95. The molecule has 3 nitrogen and oxygen atoms in total. The molecular weight excluding hydrogens is 292 g/mol. The van der Waals surface area contributed by atoms with Crippen molar-refractivity contribution in [2.45, 2.75) is 31.2 Å². The van der Waals surface area contributed by atoms with E-state index in [1.165, 1.54) is 0 Å². The molecule has 1 saturated carbocycles. The van der Waals surface area contributed by atoms with Crippen LogP contribution in [0.4, 0.5) is 5.69 Å². The molecule has 1 aromatic carbocycles. The summed E-state index contributed by atoms with van der Waals surface area (Å²) in [6.07, 6.45) is 5.88. The van der Waals surface area contributed by atoms with Gasteiger partial charge in [0, 0.05) is 18.6 Å². The van der Waals surface area contributed by atoms with Crippen molar-refractivity contribution in [3.63, 3.8) is 0 Å². The molecule has 0 aliphatic heterocycles. The van der Waals surface area contributed by atoms with E-state index in [4.69, 9.17) is 0 Å². The van der Waals surface area contributed by atoms with Crippen LogP contribution >= 0.6 is 15.9 Å². The number of aliphatic imine (C=N–C) groups is 1. The van der Waals surface area contributed by atoms with Crippen LogP contribution in [0.1, 0.15) is 31.2 Å². The molecule has 0 heterocycles. The van der Waals surface area contributed by atoms with Gasteiger partial charge in [-0.1, -0.05) is 18.9 Å². The van der Waals surface area contributed by atoms with Gasteiger partial charge in [-0.2, -0.15) is 4.99 Å². The van der Waals surface area contributed by atoms with Gasteiger partial charge in [0.15, 0.2) is 0 Å². The number of rotatable bonds is 3. The lowest BCUT2D eigenvalue weighted by atomic mass is 9.89. The Morgan fingerprint density at radius 3 is 2.50 bits per heavy atom. The van der Waals surface area contributed by atoms with Crippen molar-refractivity contribution in [3.8, 4) is 0 Å². The zero-order valence-electron chi connectivity index (χ0n) is 10.7. The van der Waals surface area contributed by atoms with Gasteiger partial charge in [-0.25, -0.2) is 4.79 Å². The third-order valence-corrected chi connectivity index (χ3v) is 4.29. The van der Waals surface area contributed by atoms with E-state index in [2.05, 4.69) is 44.0 Å². The van der Waals surface area contributed by atoms with Gasteiger partial charge in [0.25, 0.3) is 0 Å². The summed E-state index contributed by atoms with van der Waals surface area (Å²) in [4.78, 5) is 16.8. The van der Waals surface area contributed by atoms with Crippen molar-refractivity contribution in [1.29, 1.82) is 0 Å². The molecule has 2 rings (SSSR count). The Morgan fingerprint density at radius 2 is 2.00 bits per heavy atom. The molecule has 1 aromatic rings. The van der Waals surface area contributed by atoms with Crippen LogP contribution in [0.2, 0.25) is 0 Å². The van der Waals surface area contributed by atoms with Gasteiger partial charge >= 0.3 is 0 Å². The smallest absolute Gasteiger partial charge is 0.235 e. The van der Waals surface area contributed by atoms with Crippen LogP contribution in [0.5, 0.6) is 0 Å². The van der Waals surface area contributed by atoms with Crippen LogP contribution in [0.15, 0.2) is 27.7 Å². The quantitative estimate of drug-likeness (QED) is 0.631. The van der Waals surface area contributed by atoms with Crippen molar-refractivity contribution in [1.82, 2.24) is 0 Å². The normalized spacial score (nSPS) is 17.3. The van der Waals surface area contributed by atoms with Crippen LogP contribution in [0.25, 0.3) is 0 Å². The summed E-state index contributed by atoms with van der Waals surface area (Å²) >= 11 is 3.59. The average molecular weight is 309 g/mol. The van der Waals surface area contributed by atoms with Crippen LogP contribution in [-0.4, -0.2) is 20.2 Å². The van der Waals surface area contributed by atoms with Gasteiger partial charge in [0.1, 0.15) is 0 Å². The zero-order chi connectivity index (χ0) is 13.2. The molecule has 1 fully saturated rings. The molecule has 96 valence electrons. The molecule has 1 aliphatic rings. The van der Waals surface area contributed by atoms with Crippen LogP contribution in [-0.2, 0) is 10.3 Å². The molecule has 0 saturated heterocycles. The maximum atomic E-state index is 10.7. The number of anilines is 1. The van der Waals surface area contributed by atoms with E-state index in [9.17, 15) is 4.79 Å². The Kier molecular flexibility index (Phi) is 3.88. The number of carbonyl (C=O) groups excluding carboxylic acids is 1. The predicted octanol–water partition coefficient (Wildman–Crippen LogP) is 3.62. The van der Waals surface area contributed by atoms with Crippen LogP contribution in [0.3, 0.4) is 0 Å². The predicted molar refractivity (Wildman–Crippen MR) is 76.7 cm³/mol. The first kappa shape index (κ1) is 13.3. The zero-order valence-corrected chi connectivity index (χ0v) is 12.3. The Labute approximate surface area is 116 Å². The van der Waals surface area contributed by atoms with E-state index in [0.717, 1.165) is 41.4 Å². The van der Waals surface area contributed by atoms with Gasteiger partial charge in [-0.15, -0.1) is 0 Å². The van der Waals surface area contributed by atoms with Gasteiger partial charge < -0.3 is 4.90 Å². The largest absolute Gasteiger partial charge is 0.377 e. The van der Waals surface area contributed by atoms with E-state index in [-0.39, 0.29) is 5.54 Å². The number of halogens is 1. The van der Waals surface area contributed by atoms with Gasteiger partial charge in [0.05, 0.1) is 11.2 Å². The molecule has 1 aliphatic carbocycles. The summed E-state index contributed by atoms with van der Waals surface area (Å²) < 4.78 is 1.04. The highest BCUT2D eigenvalue weighted by Gasteiger charge is 2.35. The maximum Gasteiger partial charge on any atom is 0.235 e. The highest BCUT2D eigenvalue weighted by atomic mass is 79.9. The lowest BCUT2D eigenvalue weighted by molar-refractivity contribution is 0.456. The lowest BCUT2D eigenvalue weighted by Crippen LogP contribution is -2.19. The second-order valence-corrected chi connectivity index (χ2v) is 5.86. The van der Waals surface area contributed by atoms with E-state index in [0.29, 0.717) is 0 Å². The maximum absolute atomic E-state index is 10.7. The highest BCUT2D eigenvalue weighted by molar-refractivity contribution is 9.10. The summed E-state index contributed by atoms with van der Waals surface area (Å²) in [5.41, 5.74) is 1.90. The van der Waals surface area contributed by atoms with E-state index in [1.807, 2.05) is 14.1 Å². The molecule has 0 spiro atoms. The van der Waals surface area contributed by atoms with E-state index in [1.54, 1.807) is 6.08 Å².